The van der Waals surface area contributed by atoms with E-state index >= 15 is 0 Å². The third-order valence-electron chi connectivity index (χ3n) is 2.07. The van der Waals surface area contributed by atoms with E-state index in [1.165, 1.54) is 19.3 Å². The third kappa shape index (κ3) is 4.65. The first-order valence-corrected chi connectivity index (χ1v) is 5.06. The van der Waals surface area contributed by atoms with Crippen LogP contribution in [0.3, 0.4) is 0 Å². The van der Waals surface area contributed by atoms with E-state index in [4.69, 9.17) is 9.84 Å². The Morgan fingerprint density at radius 2 is 2.35 bits per heavy atom. The number of methoxy groups -OCH3 is 1. The number of carbonyl (C=O) groups is 1. The summed E-state index contributed by atoms with van der Waals surface area (Å²) in [7, 11) is 1.41. The summed E-state index contributed by atoms with van der Waals surface area (Å²) in [6.45, 7) is 0.880. The lowest BCUT2D eigenvalue weighted by Crippen LogP contribution is -2.13. The number of hydrogen-bond donors (Lipinski definition) is 2. The van der Waals surface area contributed by atoms with Crippen molar-refractivity contribution in [2.24, 2.45) is 0 Å². The molecule has 1 aromatic rings. The van der Waals surface area contributed by atoms with Gasteiger partial charge in [0.05, 0.1) is 7.11 Å². The number of halogens is 1. The Bertz CT molecular complexity index is 418. The maximum Gasteiger partial charge on any atom is 0.328 e. The maximum absolute atomic E-state index is 13.3. The Labute approximate surface area is 98.7 Å². The molecule has 0 radical (unpaired) electrons. The fourth-order valence-electron chi connectivity index (χ4n) is 1.28. The van der Waals surface area contributed by atoms with E-state index in [-0.39, 0.29) is 5.75 Å². The summed E-state index contributed by atoms with van der Waals surface area (Å²) in [4.78, 5) is 10.2. The Balaban J connectivity index is 2.42. The van der Waals surface area contributed by atoms with E-state index < -0.39 is 11.8 Å². The molecule has 0 aliphatic rings. The summed E-state index contributed by atoms with van der Waals surface area (Å²) in [5.41, 5.74) is 0.770. The van der Waals surface area contributed by atoms with Crippen LogP contribution in [0.1, 0.15) is 5.56 Å². The molecule has 1 aromatic carbocycles. The van der Waals surface area contributed by atoms with Crippen molar-refractivity contribution in [3.8, 4) is 5.75 Å². The number of hydrogen-bond acceptors (Lipinski definition) is 3. The molecule has 5 heteroatoms. The fraction of sp³-hybridized carbons (Fsp3) is 0.250. The Hall–Kier alpha value is -1.88. The van der Waals surface area contributed by atoms with Gasteiger partial charge in [0, 0.05) is 19.2 Å². The number of aliphatic carboxylic acids is 1. The molecule has 0 aromatic heterocycles. The molecule has 0 spiro atoms. The van der Waals surface area contributed by atoms with Crippen molar-refractivity contribution in [3.05, 3.63) is 41.7 Å². The zero-order valence-corrected chi connectivity index (χ0v) is 9.44. The van der Waals surface area contributed by atoms with Crippen molar-refractivity contribution in [1.82, 2.24) is 5.32 Å². The molecule has 0 heterocycles. The Morgan fingerprint density at radius 3 is 2.94 bits per heavy atom. The standard InChI is InChI=1S/C12H14FNO3/c1-17-11-5-4-9(7-10(11)13)8-14-6-2-3-12(15)16/h2-5,7,14H,6,8H2,1H3,(H,15,16)/b3-2+. The molecule has 2 N–H and O–H groups in total. The minimum absolute atomic E-state index is 0.208. The Morgan fingerprint density at radius 1 is 1.59 bits per heavy atom. The highest BCUT2D eigenvalue weighted by Gasteiger charge is 2.02. The molecule has 0 aliphatic carbocycles. The van der Waals surface area contributed by atoms with Gasteiger partial charge in [-0.1, -0.05) is 12.1 Å². The average Bonchev–Trinajstić information content (AvgIpc) is 2.28. The van der Waals surface area contributed by atoms with E-state index in [9.17, 15) is 9.18 Å². The highest BCUT2D eigenvalue weighted by atomic mass is 19.1. The molecule has 0 atom stereocenters. The van der Waals surface area contributed by atoms with Crippen LogP contribution < -0.4 is 10.1 Å². The van der Waals surface area contributed by atoms with Crippen LogP contribution >= 0.6 is 0 Å². The fourth-order valence-corrected chi connectivity index (χ4v) is 1.28. The minimum atomic E-state index is -0.984. The molecule has 1 rings (SSSR count). The Kier molecular flexibility index (Phi) is 5.16. The third-order valence-corrected chi connectivity index (χ3v) is 2.07. The maximum atomic E-state index is 13.3. The van der Waals surface area contributed by atoms with E-state index in [2.05, 4.69) is 5.32 Å². The summed E-state index contributed by atoms with van der Waals surface area (Å²) < 4.78 is 18.1. The molecule has 92 valence electrons. The zero-order chi connectivity index (χ0) is 12.7. The van der Waals surface area contributed by atoms with Crippen molar-refractivity contribution >= 4 is 5.97 Å². The van der Waals surface area contributed by atoms with Crippen LogP contribution in [-0.4, -0.2) is 24.7 Å². The van der Waals surface area contributed by atoms with Crippen molar-refractivity contribution in [2.45, 2.75) is 6.54 Å². The van der Waals surface area contributed by atoms with Gasteiger partial charge in [0.25, 0.3) is 0 Å². The second-order valence-corrected chi connectivity index (χ2v) is 3.34. The first-order valence-electron chi connectivity index (χ1n) is 5.06. The summed E-state index contributed by atoms with van der Waals surface area (Å²) >= 11 is 0. The number of nitrogens with one attached hydrogen (secondary N) is 1. The monoisotopic (exact) mass is 239 g/mol. The van der Waals surface area contributed by atoms with Gasteiger partial charge in [0.1, 0.15) is 0 Å². The smallest absolute Gasteiger partial charge is 0.328 e. The summed E-state index contributed by atoms with van der Waals surface area (Å²) in [6.07, 6.45) is 2.55. The highest BCUT2D eigenvalue weighted by Crippen LogP contribution is 2.17. The molecule has 0 fully saturated rings. The van der Waals surface area contributed by atoms with Crippen molar-refractivity contribution in [3.63, 3.8) is 0 Å². The average molecular weight is 239 g/mol. The molecule has 0 amide bonds. The second kappa shape index (κ2) is 6.65. The number of ether oxygens (including phenoxy) is 1. The molecule has 0 unspecified atom stereocenters. The van der Waals surface area contributed by atoms with E-state index in [0.717, 1.165) is 11.6 Å². The second-order valence-electron chi connectivity index (χ2n) is 3.34. The lowest BCUT2D eigenvalue weighted by molar-refractivity contribution is -0.131. The van der Waals surface area contributed by atoms with Crippen LogP contribution in [-0.2, 0) is 11.3 Å². The van der Waals surface area contributed by atoms with Crippen LogP contribution in [0, 0.1) is 5.82 Å². The van der Waals surface area contributed by atoms with Crippen LogP contribution in [0.15, 0.2) is 30.4 Å². The van der Waals surface area contributed by atoms with Gasteiger partial charge in [-0.15, -0.1) is 0 Å². The van der Waals surface area contributed by atoms with Crippen LogP contribution in [0.25, 0.3) is 0 Å². The van der Waals surface area contributed by atoms with Crippen molar-refractivity contribution in [2.75, 3.05) is 13.7 Å². The van der Waals surface area contributed by atoms with Gasteiger partial charge in [-0.2, -0.15) is 0 Å². The number of benzene rings is 1. The number of rotatable bonds is 6. The molecule has 4 nitrogen and oxygen atoms in total. The first-order chi connectivity index (χ1) is 8.13. The number of carboxylic acid groups (broad SMARTS) is 1. The van der Waals surface area contributed by atoms with Gasteiger partial charge in [-0.25, -0.2) is 9.18 Å². The van der Waals surface area contributed by atoms with Gasteiger partial charge in [-0.3, -0.25) is 0 Å². The lowest BCUT2D eigenvalue weighted by atomic mass is 10.2. The summed E-state index contributed by atoms with van der Waals surface area (Å²) in [6, 6.07) is 4.68. The van der Waals surface area contributed by atoms with Crippen molar-refractivity contribution < 1.29 is 19.0 Å². The van der Waals surface area contributed by atoms with Gasteiger partial charge in [0.2, 0.25) is 0 Å². The predicted octanol–water partition coefficient (Wildman–Crippen LogP) is 1.56. The zero-order valence-electron chi connectivity index (χ0n) is 9.44. The molecule has 0 bridgehead atoms. The molecule has 0 saturated heterocycles. The molecular formula is C12H14FNO3. The highest BCUT2D eigenvalue weighted by molar-refractivity contribution is 5.79. The SMILES string of the molecule is COc1ccc(CNC/C=C/C(=O)O)cc1F. The van der Waals surface area contributed by atoms with E-state index in [1.54, 1.807) is 12.1 Å². The topological polar surface area (TPSA) is 58.6 Å². The minimum Gasteiger partial charge on any atom is -0.494 e. The normalized spacial score (nSPS) is 10.7. The predicted molar refractivity (Wildman–Crippen MR) is 61.4 cm³/mol. The van der Waals surface area contributed by atoms with Gasteiger partial charge >= 0.3 is 5.97 Å². The van der Waals surface area contributed by atoms with Gasteiger partial charge in [-0.05, 0) is 17.7 Å². The van der Waals surface area contributed by atoms with E-state index in [1.807, 2.05) is 0 Å². The van der Waals surface area contributed by atoms with Crippen molar-refractivity contribution in [1.29, 1.82) is 0 Å². The molecule has 0 saturated carbocycles. The summed E-state index contributed by atoms with van der Waals surface area (Å²) in [5.74, 6) is -1.19. The van der Waals surface area contributed by atoms with Gasteiger partial charge in [0.15, 0.2) is 11.6 Å². The summed E-state index contributed by atoms with van der Waals surface area (Å²) in [5, 5.41) is 11.3. The first kappa shape index (κ1) is 13.2. The van der Waals surface area contributed by atoms with Crippen LogP contribution in [0.5, 0.6) is 5.75 Å². The quantitative estimate of drug-likeness (QED) is 0.584. The van der Waals surface area contributed by atoms with Crippen LogP contribution in [0.4, 0.5) is 4.39 Å². The largest absolute Gasteiger partial charge is 0.494 e. The van der Waals surface area contributed by atoms with Gasteiger partial charge < -0.3 is 15.2 Å². The molecular weight excluding hydrogens is 225 g/mol. The number of carboxylic acids is 1. The molecule has 0 aliphatic heterocycles. The van der Waals surface area contributed by atoms with Crippen LogP contribution in [0.2, 0.25) is 0 Å². The van der Waals surface area contributed by atoms with E-state index in [0.29, 0.717) is 13.1 Å². The lowest BCUT2D eigenvalue weighted by Gasteiger charge is -2.05. The molecule has 17 heavy (non-hydrogen) atoms.